The predicted molar refractivity (Wildman–Crippen MR) is 80.2 cm³/mol. The largest absolute Gasteiger partial charge is 0.369 e. The summed E-state index contributed by atoms with van der Waals surface area (Å²) in [6.45, 7) is 1.10. The smallest absolute Gasteiger partial charge is 0.231 e. The molecule has 110 valence electrons. The van der Waals surface area contributed by atoms with E-state index in [1.54, 1.807) is 18.6 Å². The average molecular weight is 304 g/mol. The van der Waals surface area contributed by atoms with Crippen molar-refractivity contribution in [3.05, 3.63) is 29.7 Å². The minimum Gasteiger partial charge on any atom is -0.369 e. The van der Waals surface area contributed by atoms with Gasteiger partial charge in [-0.3, -0.25) is 14.7 Å². The molecule has 1 fully saturated rings. The van der Waals surface area contributed by atoms with E-state index >= 15 is 0 Å². The van der Waals surface area contributed by atoms with E-state index in [1.165, 1.54) is 11.3 Å². The standard InChI is InChI=1S/C13H16N6OS/c14-10(20)8-19-6-1-2-9(19)11-12(16-4-3-15-11)18-13-17-5-7-21-13/h3-5,7,9H,1-2,6,8H2,(H2,14,20)(H,16,17,18)/t9-/m0/s1. The van der Waals surface area contributed by atoms with Gasteiger partial charge in [0.15, 0.2) is 10.9 Å². The summed E-state index contributed by atoms with van der Waals surface area (Å²) in [4.78, 5) is 26.3. The Kier molecular flexibility index (Phi) is 4.07. The van der Waals surface area contributed by atoms with Crippen LogP contribution in [0.4, 0.5) is 10.9 Å². The molecule has 0 bridgehead atoms. The van der Waals surface area contributed by atoms with Crippen molar-refractivity contribution in [1.82, 2.24) is 19.9 Å². The number of likely N-dealkylation sites (tertiary alicyclic amines) is 1. The molecule has 1 aliphatic rings. The lowest BCUT2D eigenvalue weighted by Gasteiger charge is -2.23. The lowest BCUT2D eigenvalue weighted by molar-refractivity contribution is -0.119. The van der Waals surface area contributed by atoms with Crippen LogP contribution in [-0.4, -0.2) is 38.8 Å². The van der Waals surface area contributed by atoms with E-state index < -0.39 is 0 Å². The van der Waals surface area contributed by atoms with Crippen molar-refractivity contribution >= 4 is 28.2 Å². The van der Waals surface area contributed by atoms with Gasteiger partial charge in [0.25, 0.3) is 0 Å². The van der Waals surface area contributed by atoms with Crippen LogP contribution >= 0.6 is 11.3 Å². The molecule has 0 aromatic carbocycles. The van der Waals surface area contributed by atoms with Gasteiger partial charge in [0.1, 0.15) is 5.69 Å². The lowest BCUT2D eigenvalue weighted by Crippen LogP contribution is -2.34. The number of primary amides is 1. The Balaban J connectivity index is 1.85. The molecule has 7 nitrogen and oxygen atoms in total. The number of nitrogens with zero attached hydrogens (tertiary/aromatic N) is 4. The van der Waals surface area contributed by atoms with E-state index in [2.05, 4.69) is 25.2 Å². The molecule has 3 rings (SSSR count). The second kappa shape index (κ2) is 6.15. The first-order chi connectivity index (χ1) is 10.2. The molecular weight excluding hydrogens is 288 g/mol. The molecule has 1 aliphatic heterocycles. The maximum Gasteiger partial charge on any atom is 0.231 e. The summed E-state index contributed by atoms with van der Waals surface area (Å²) >= 11 is 1.50. The number of hydrogen-bond acceptors (Lipinski definition) is 7. The van der Waals surface area contributed by atoms with Gasteiger partial charge in [-0.1, -0.05) is 0 Å². The van der Waals surface area contributed by atoms with Gasteiger partial charge in [-0.15, -0.1) is 11.3 Å². The first-order valence-corrected chi connectivity index (χ1v) is 7.62. The Morgan fingerprint density at radius 1 is 1.38 bits per heavy atom. The molecule has 3 heterocycles. The number of amides is 1. The van der Waals surface area contributed by atoms with Crippen LogP contribution in [0.15, 0.2) is 24.0 Å². The molecule has 1 atom stereocenters. The number of carbonyl (C=O) groups is 1. The SMILES string of the molecule is NC(=O)CN1CCC[C@H]1c1nccnc1Nc1nccs1. The second-order valence-electron chi connectivity index (χ2n) is 4.85. The van der Waals surface area contributed by atoms with Gasteiger partial charge in [0.2, 0.25) is 5.91 Å². The molecule has 0 aliphatic carbocycles. The molecule has 0 spiro atoms. The van der Waals surface area contributed by atoms with Crippen LogP contribution in [0.5, 0.6) is 0 Å². The highest BCUT2D eigenvalue weighted by Crippen LogP contribution is 2.34. The monoisotopic (exact) mass is 304 g/mol. The summed E-state index contributed by atoms with van der Waals surface area (Å²) in [6.07, 6.45) is 7.01. The van der Waals surface area contributed by atoms with Gasteiger partial charge < -0.3 is 11.1 Å². The molecule has 0 unspecified atom stereocenters. The van der Waals surface area contributed by atoms with Crippen LogP contribution in [0.3, 0.4) is 0 Å². The number of hydrogen-bond donors (Lipinski definition) is 2. The highest BCUT2D eigenvalue weighted by molar-refractivity contribution is 7.13. The van der Waals surface area contributed by atoms with Crippen molar-refractivity contribution < 1.29 is 4.79 Å². The molecule has 0 saturated carbocycles. The number of nitrogens with one attached hydrogen (secondary N) is 1. The summed E-state index contributed by atoms with van der Waals surface area (Å²) in [5.41, 5.74) is 6.16. The zero-order valence-electron chi connectivity index (χ0n) is 11.4. The van der Waals surface area contributed by atoms with Gasteiger partial charge in [-0.05, 0) is 19.4 Å². The Hall–Kier alpha value is -2.06. The first-order valence-electron chi connectivity index (χ1n) is 6.74. The van der Waals surface area contributed by atoms with Crippen LogP contribution in [0, 0.1) is 0 Å². The van der Waals surface area contributed by atoms with E-state index in [9.17, 15) is 4.79 Å². The van der Waals surface area contributed by atoms with E-state index in [0.717, 1.165) is 30.2 Å². The average Bonchev–Trinajstić information content (AvgIpc) is 3.11. The second-order valence-corrected chi connectivity index (χ2v) is 5.74. The van der Waals surface area contributed by atoms with E-state index in [-0.39, 0.29) is 18.5 Å². The Morgan fingerprint density at radius 3 is 3.00 bits per heavy atom. The topological polar surface area (TPSA) is 97.0 Å². The summed E-state index contributed by atoms with van der Waals surface area (Å²) in [5, 5.41) is 5.86. The summed E-state index contributed by atoms with van der Waals surface area (Å²) in [7, 11) is 0. The van der Waals surface area contributed by atoms with Crippen molar-refractivity contribution in [2.75, 3.05) is 18.4 Å². The van der Waals surface area contributed by atoms with Crippen LogP contribution in [0.2, 0.25) is 0 Å². The van der Waals surface area contributed by atoms with Gasteiger partial charge in [-0.2, -0.15) is 0 Å². The Morgan fingerprint density at radius 2 is 2.24 bits per heavy atom. The molecule has 1 amide bonds. The van der Waals surface area contributed by atoms with Crippen LogP contribution in [0.1, 0.15) is 24.6 Å². The Labute approximate surface area is 126 Å². The van der Waals surface area contributed by atoms with Crippen LogP contribution in [0.25, 0.3) is 0 Å². The number of nitrogens with two attached hydrogens (primary N) is 1. The predicted octanol–water partition coefficient (Wildman–Crippen LogP) is 1.30. The quantitative estimate of drug-likeness (QED) is 0.864. The number of anilines is 2. The minimum atomic E-state index is -0.319. The molecule has 21 heavy (non-hydrogen) atoms. The zero-order valence-corrected chi connectivity index (χ0v) is 12.2. The Bertz CT molecular complexity index is 617. The lowest BCUT2D eigenvalue weighted by atomic mass is 10.1. The van der Waals surface area contributed by atoms with E-state index in [4.69, 9.17) is 5.73 Å². The van der Waals surface area contributed by atoms with E-state index in [0.29, 0.717) is 5.82 Å². The van der Waals surface area contributed by atoms with Gasteiger partial charge in [0.05, 0.1) is 12.6 Å². The molecular formula is C13H16N6OS. The van der Waals surface area contributed by atoms with Gasteiger partial charge in [-0.25, -0.2) is 9.97 Å². The third kappa shape index (κ3) is 3.17. The minimum absolute atomic E-state index is 0.0636. The normalized spacial score (nSPS) is 18.8. The third-order valence-electron chi connectivity index (χ3n) is 3.42. The molecule has 0 radical (unpaired) electrons. The highest BCUT2D eigenvalue weighted by atomic mass is 32.1. The molecule has 1 saturated heterocycles. The van der Waals surface area contributed by atoms with Crippen molar-refractivity contribution in [1.29, 1.82) is 0 Å². The highest BCUT2D eigenvalue weighted by Gasteiger charge is 2.30. The van der Waals surface area contributed by atoms with Crippen molar-refractivity contribution in [2.45, 2.75) is 18.9 Å². The number of carbonyl (C=O) groups excluding carboxylic acids is 1. The van der Waals surface area contributed by atoms with Gasteiger partial charge >= 0.3 is 0 Å². The molecule has 3 N–H and O–H groups in total. The molecule has 2 aromatic rings. The summed E-state index contributed by atoms with van der Waals surface area (Å²) in [6, 6.07) is 0.0636. The maximum absolute atomic E-state index is 11.2. The number of aromatic nitrogens is 3. The van der Waals surface area contributed by atoms with Gasteiger partial charge in [0, 0.05) is 24.0 Å². The number of rotatable bonds is 5. The van der Waals surface area contributed by atoms with Crippen molar-refractivity contribution in [2.24, 2.45) is 5.73 Å². The fourth-order valence-corrected chi connectivity index (χ4v) is 3.13. The fraction of sp³-hybridized carbons (Fsp3) is 0.385. The summed E-state index contributed by atoms with van der Waals surface area (Å²) in [5.74, 6) is 0.369. The molecule has 8 heteroatoms. The van der Waals surface area contributed by atoms with E-state index in [1.807, 2.05) is 5.38 Å². The third-order valence-corrected chi connectivity index (χ3v) is 4.11. The fourth-order valence-electron chi connectivity index (χ4n) is 2.60. The molecule has 2 aromatic heterocycles. The van der Waals surface area contributed by atoms with Crippen LogP contribution < -0.4 is 11.1 Å². The summed E-state index contributed by atoms with van der Waals surface area (Å²) < 4.78 is 0. The maximum atomic E-state index is 11.2. The number of thiazole rings is 1. The van der Waals surface area contributed by atoms with Crippen molar-refractivity contribution in [3.63, 3.8) is 0 Å². The first kappa shape index (κ1) is 13.9. The van der Waals surface area contributed by atoms with Crippen LogP contribution in [-0.2, 0) is 4.79 Å². The van der Waals surface area contributed by atoms with Crippen molar-refractivity contribution in [3.8, 4) is 0 Å². The zero-order chi connectivity index (χ0) is 14.7.